The summed E-state index contributed by atoms with van der Waals surface area (Å²) in [6.45, 7) is 2.10. The fourth-order valence-electron chi connectivity index (χ4n) is 3.58. The predicted octanol–water partition coefficient (Wildman–Crippen LogP) is 4.31. The molecule has 2 aromatic carbocycles. The van der Waals surface area contributed by atoms with Gasteiger partial charge in [-0.15, -0.1) is 0 Å². The van der Waals surface area contributed by atoms with Gasteiger partial charge in [-0.25, -0.2) is 8.42 Å². The molecule has 0 saturated carbocycles. The van der Waals surface area contributed by atoms with Crippen LogP contribution in [0, 0.1) is 5.92 Å². The number of nitrogens with one attached hydrogen (secondary N) is 1. The van der Waals surface area contributed by atoms with Gasteiger partial charge in [0, 0.05) is 25.7 Å². The zero-order valence-corrected chi connectivity index (χ0v) is 17.3. The lowest BCUT2D eigenvalue weighted by atomic mass is 9.91. The zero-order chi connectivity index (χ0) is 21.9. The van der Waals surface area contributed by atoms with E-state index in [-0.39, 0.29) is 16.7 Å². The lowest BCUT2D eigenvalue weighted by Gasteiger charge is -2.31. The van der Waals surface area contributed by atoms with E-state index in [2.05, 4.69) is 5.32 Å². The molecule has 0 spiro atoms. The van der Waals surface area contributed by atoms with Crippen LogP contribution in [0.1, 0.15) is 30.9 Å². The van der Waals surface area contributed by atoms with Gasteiger partial charge < -0.3 is 5.32 Å². The van der Waals surface area contributed by atoms with E-state index in [1.807, 2.05) is 0 Å². The summed E-state index contributed by atoms with van der Waals surface area (Å²) in [5.41, 5.74) is 0.672. The van der Waals surface area contributed by atoms with Crippen molar-refractivity contribution in [2.75, 3.05) is 18.4 Å². The number of halogens is 3. The topological polar surface area (TPSA) is 66.5 Å². The molecule has 1 heterocycles. The van der Waals surface area contributed by atoms with E-state index < -0.39 is 21.8 Å². The minimum absolute atomic E-state index is 0.165. The quantitative estimate of drug-likeness (QED) is 0.754. The number of sulfonamides is 1. The first-order valence-electron chi connectivity index (χ1n) is 9.59. The van der Waals surface area contributed by atoms with Crippen molar-refractivity contribution < 1.29 is 26.4 Å². The maximum atomic E-state index is 12.8. The van der Waals surface area contributed by atoms with Crippen molar-refractivity contribution >= 4 is 21.6 Å². The number of anilines is 1. The van der Waals surface area contributed by atoms with Gasteiger partial charge in [0.2, 0.25) is 15.9 Å². The van der Waals surface area contributed by atoms with Crippen molar-refractivity contribution in [3.63, 3.8) is 0 Å². The van der Waals surface area contributed by atoms with E-state index in [9.17, 15) is 26.4 Å². The van der Waals surface area contributed by atoms with E-state index in [0.29, 0.717) is 38.0 Å². The molecule has 0 bridgehead atoms. The summed E-state index contributed by atoms with van der Waals surface area (Å²) in [5.74, 6) is -0.0175. The van der Waals surface area contributed by atoms with Crippen molar-refractivity contribution in [1.82, 2.24) is 4.31 Å². The van der Waals surface area contributed by atoms with Gasteiger partial charge in [-0.1, -0.05) is 12.1 Å². The van der Waals surface area contributed by atoms with E-state index in [4.69, 9.17) is 0 Å². The lowest BCUT2D eigenvalue weighted by Crippen LogP contribution is -2.38. The van der Waals surface area contributed by atoms with E-state index in [1.165, 1.54) is 35.5 Å². The summed E-state index contributed by atoms with van der Waals surface area (Å²) in [4.78, 5) is 11.2. The summed E-state index contributed by atoms with van der Waals surface area (Å²) >= 11 is 0. The summed E-state index contributed by atoms with van der Waals surface area (Å²) in [6.07, 6.45) is -2.44. The second-order valence-electron chi connectivity index (χ2n) is 7.45. The number of amides is 1. The fourth-order valence-corrected chi connectivity index (χ4v) is 5.05. The molecule has 1 aliphatic heterocycles. The van der Waals surface area contributed by atoms with Gasteiger partial charge in [0.05, 0.1) is 10.5 Å². The Balaban J connectivity index is 1.58. The molecule has 3 rings (SSSR count). The monoisotopic (exact) mass is 440 g/mol. The highest BCUT2D eigenvalue weighted by atomic mass is 32.2. The standard InChI is InChI=1S/C21H23F3N2O3S/c1-15(27)25-19-6-8-20(9-7-19)30(28,29)26-12-10-17(11-13-26)14-16-2-4-18(5-3-16)21(22,23)24/h2-9,17H,10-14H2,1H3,(H,25,27). The van der Waals surface area contributed by atoms with E-state index >= 15 is 0 Å². The number of benzene rings is 2. The fraction of sp³-hybridized carbons (Fsp3) is 0.381. The number of hydrogen-bond donors (Lipinski definition) is 1. The molecule has 0 radical (unpaired) electrons. The highest BCUT2D eigenvalue weighted by molar-refractivity contribution is 7.89. The molecule has 5 nitrogen and oxygen atoms in total. The number of alkyl halides is 3. The first-order chi connectivity index (χ1) is 14.1. The van der Waals surface area contributed by atoms with Crippen molar-refractivity contribution in [1.29, 1.82) is 0 Å². The summed E-state index contributed by atoms with van der Waals surface area (Å²) in [6, 6.07) is 11.2. The molecule has 1 saturated heterocycles. The molecule has 0 aliphatic carbocycles. The minimum Gasteiger partial charge on any atom is -0.326 e. The second-order valence-corrected chi connectivity index (χ2v) is 9.39. The Labute approximate surface area is 173 Å². The molecule has 162 valence electrons. The van der Waals surface area contributed by atoms with E-state index in [0.717, 1.165) is 17.7 Å². The molecule has 1 N–H and O–H groups in total. The predicted molar refractivity (Wildman–Crippen MR) is 107 cm³/mol. The molecular formula is C21H23F3N2O3S. The van der Waals surface area contributed by atoms with Crippen molar-refractivity contribution in [3.8, 4) is 0 Å². The molecule has 2 aromatic rings. The number of carbonyl (C=O) groups excluding carboxylic acids is 1. The van der Waals surface area contributed by atoms with Gasteiger partial charge in [0.15, 0.2) is 0 Å². The van der Waals surface area contributed by atoms with Gasteiger partial charge in [0.1, 0.15) is 0 Å². The third-order valence-electron chi connectivity index (χ3n) is 5.19. The first-order valence-corrected chi connectivity index (χ1v) is 11.0. The molecule has 1 amide bonds. The largest absolute Gasteiger partial charge is 0.416 e. The Kier molecular flexibility index (Phi) is 6.52. The van der Waals surface area contributed by atoms with Crippen LogP contribution in [0.15, 0.2) is 53.4 Å². The number of piperidine rings is 1. The third kappa shape index (κ3) is 5.40. The first kappa shape index (κ1) is 22.3. The Morgan fingerprint density at radius 2 is 1.60 bits per heavy atom. The smallest absolute Gasteiger partial charge is 0.326 e. The minimum atomic E-state index is -4.35. The Morgan fingerprint density at radius 1 is 1.03 bits per heavy atom. The molecule has 9 heteroatoms. The number of nitrogens with zero attached hydrogens (tertiary/aromatic N) is 1. The second kappa shape index (κ2) is 8.77. The average Bonchev–Trinajstić information content (AvgIpc) is 2.68. The van der Waals surface area contributed by atoms with Crippen LogP contribution in [-0.2, 0) is 27.4 Å². The van der Waals surface area contributed by atoms with Crippen LogP contribution in [0.25, 0.3) is 0 Å². The normalized spacial score (nSPS) is 16.4. The molecule has 0 aromatic heterocycles. The maximum Gasteiger partial charge on any atom is 0.416 e. The molecular weight excluding hydrogens is 417 g/mol. The average molecular weight is 440 g/mol. The molecule has 1 aliphatic rings. The molecule has 0 atom stereocenters. The number of carbonyl (C=O) groups is 1. The van der Waals surface area contributed by atoms with E-state index in [1.54, 1.807) is 12.1 Å². The van der Waals surface area contributed by atoms with Gasteiger partial charge in [0.25, 0.3) is 0 Å². The van der Waals surface area contributed by atoms with Gasteiger partial charge in [-0.3, -0.25) is 4.79 Å². The van der Waals surface area contributed by atoms with Crippen LogP contribution < -0.4 is 5.32 Å². The summed E-state index contributed by atoms with van der Waals surface area (Å²) in [5, 5.41) is 2.59. The third-order valence-corrected chi connectivity index (χ3v) is 7.10. The Bertz CT molecular complexity index is 980. The van der Waals surface area contributed by atoms with Crippen LogP contribution in [0.3, 0.4) is 0 Å². The van der Waals surface area contributed by atoms with Crippen molar-refractivity contribution in [2.24, 2.45) is 5.92 Å². The highest BCUT2D eigenvalue weighted by Gasteiger charge is 2.31. The molecule has 30 heavy (non-hydrogen) atoms. The van der Waals surface area contributed by atoms with Gasteiger partial charge in [-0.2, -0.15) is 17.5 Å². The number of hydrogen-bond acceptors (Lipinski definition) is 3. The van der Waals surface area contributed by atoms with Crippen molar-refractivity contribution in [2.45, 2.75) is 37.3 Å². The Hall–Kier alpha value is -2.39. The van der Waals surface area contributed by atoms with Gasteiger partial charge in [-0.05, 0) is 67.1 Å². The van der Waals surface area contributed by atoms with Crippen LogP contribution in [0.2, 0.25) is 0 Å². The molecule has 0 unspecified atom stereocenters. The highest BCUT2D eigenvalue weighted by Crippen LogP contribution is 2.31. The summed E-state index contributed by atoms with van der Waals surface area (Å²) in [7, 11) is -3.63. The maximum absolute atomic E-state index is 12.8. The van der Waals surface area contributed by atoms with Gasteiger partial charge >= 0.3 is 6.18 Å². The van der Waals surface area contributed by atoms with Crippen LogP contribution in [0.4, 0.5) is 18.9 Å². The zero-order valence-electron chi connectivity index (χ0n) is 16.4. The SMILES string of the molecule is CC(=O)Nc1ccc(S(=O)(=O)N2CCC(Cc3ccc(C(F)(F)F)cc3)CC2)cc1. The Morgan fingerprint density at radius 3 is 2.10 bits per heavy atom. The lowest BCUT2D eigenvalue weighted by molar-refractivity contribution is -0.137. The van der Waals surface area contributed by atoms with Crippen LogP contribution in [0.5, 0.6) is 0 Å². The van der Waals surface area contributed by atoms with Crippen molar-refractivity contribution in [3.05, 3.63) is 59.7 Å². The van der Waals surface area contributed by atoms with Crippen LogP contribution in [-0.4, -0.2) is 31.7 Å². The summed E-state index contributed by atoms with van der Waals surface area (Å²) < 4.78 is 65.1. The molecule has 1 fully saturated rings. The number of rotatable bonds is 5. The van der Waals surface area contributed by atoms with Crippen LogP contribution >= 0.6 is 0 Å².